The number of nitrogens with zero attached hydrogens (tertiary/aromatic N) is 1. The van der Waals surface area contributed by atoms with Gasteiger partial charge in [-0.1, -0.05) is 61.9 Å². The number of rotatable bonds is 9. The number of aliphatic hydroxyl groups excluding tert-OH is 1. The second-order valence-electron chi connectivity index (χ2n) is 8.57. The van der Waals surface area contributed by atoms with Gasteiger partial charge in [0, 0.05) is 12.1 Å². The number of Topliss-reactive ketones (excluding diaryl/α,β-unsaturated/α-hetero) is 1. The molecule has 1 saturated heterocycles. The Labute approximate surface area is 210 Å². The Morgan fingerprint density at radius 1 is 1.00 bits per heavy atom. The number of unbranched alkanes of at least 4 members (excludes halogenated alkanes) is 1. The van der Waals surface area contributed by atoms with Gasteiger partial charge in [-0.25, -0.2) is 0 Å². The van der Waals surface area contributed by atoms with Gasteiger partial charge in [-0.3, -0.25) is 9.59 Å². The van der Waals surface area contributed by atoms with Crippen LogP contribution in [-0.2, 0) is 16.1 Å². The molecule has 36 heavy (non-hydrogen) atoms. The average molecular weight is 488 g/mol. The Morgan fingerprint density at radius 3 is 2.50 bits per heavy atom. The molecule has 2 N–H and O–H groups in total. The number of amides is 1. The number of phenolic OH excluding ortho intramolecular Hbond substituents is 1. The summed E-state index contributed by atoms with van der Waals surface area (Å²) in [5, 5.41) is 21.5. The highest BCUT2D eigenvalue weighted by atomic mass is 16.5. The van der Waals surface area contributed by atoms with Crippen LogP contribution in [0.1, 0.15) is 42.5 Å². The van der Waals surface area contributed by atoms with Gasteiger partial charge < -0.3 is 24.6 Å². The lowest BCUT2D eigenvalue weighted by molar-refractivity contribution is -0.140. The van der Waals surface area contributed by atoms with E-state index in [-0.39, 0.29) is 29.4 Å². The lowest BCUT2D eigenvalue weighted by atomic mass is 9.94. The third-order valence-electron chi connectivity index (χ3n) is 6.13. The summed E-state index contributed by atoms with van der Waals surface area (Å²) < 4.78 is 11.0. The van der Waals surface area contributed by atoms with E-state index in [1.807, 2.05) is 30.3 Å². The normalized spacial score (nSPS) is 16.8. The molecule has 3 aromatic carbocycles. The van der Waals surface area contributed by atoms with Gasteiger partial charge in [-0.05, 0) is 41.8 Å². The Kier molecular flexibility index (Phi) is 7.59. The van der Waals surface area contributed by atoms with Gasteiger partial charge in [0.2, 0.25) is 0 Å². The molecular weight excluding hydrogens is 458 g/mol. The molecule has 4 rings (SSSR count). The fourth-order valence-corrected chi connectivity index (χ4v) is 4.26. The van der Waals surface area contributed by atoms with Crippen LogP contribution in [0.3, 0.4) is 0 Å². The summed E-state index contributed by atoms with van der Waals surface area (Å²) in [5.74, 6) is -1.09. The number of carbonyl (C=O) groups excluding carboxylic acids is 2. The van der Waals surface area contributed by atoms with Gasteiger partial charge in [0.25, 0.3) is 11.7 Å². The van der Waals surface area contributed by atoms with Gasteiger partial charge in [0.05, 0.1) is 25.3 Å². The van der Waals surface area contributed by atoms with Crippen molar-refractivity contribution in [3.05, 3.63) is 95.1 Å². The molecule has 0 aromatic heterocycles. The Balaban J connectivity index is 1.82. The van der Waals surface area contributed by atoms with Crippen molar-refractivity contribution in [1.29, 1.82) is 0 Å². The molecule has 1 atom stereocenters. The monoisotopic (exact) mass is 487 g/mol. The fourth-order valence-electron chi connectivity index (χ4n) is 4.26. The molecule has 7 heteroatoms. The maximum Gasteiger partial charge on any atom is 0.295 e. The molecule has 7 nitrogen and oxygen atoms in total. The van der Waals surface area contributed by atoms with Crippen LogP contribution >= 0.6 is 0 Å². The van der Waals surface area contributed by atoms with Crippen LogP contribution in [0.25, 0.3) is 5.76 Å². The summed E-state index contributed by atoms with van der Waals surface area (Å²) in [6, 6.07) is 19.9. The first-order valence-corrected chi connectivity index (χ1v) is 11.9. The van der Waals surface area contributed by atoms with Gasteiger partial charge in [-0.2, -0.15) is 0 Å². The van der Waals surface area contributed by atoms with E-state index in [0.29, 0.717) is 23.5 Å². The fraction of sp³-hybridized carbons (Fsp3) is 0.241. The van der Waals surface area contributed by atoms with Crippen LogP contribution < -0.4 is 9.47 Å². The summed E-state index contributed by atoms with van der Waals surface area (Å²) in [7, 11) is 1.42. The summed E-state index contributed by atoms with van der Waals surface area (Å²) in [5.41, 5.74) is 1.70. The predicted molar refractivity (Wildman–Crippen MR) is 136 cm³/mol. The number of methoxy groups -OCH3 is 1. The molecule has 0 bridgehead atoms. The molecule has 1 unspecified atom stereocenters. The third kappa shape index (κ3) is 5.05. The third-order valence-corrected chi connectivity index (χ3v) is 6.13. The Hall–Kier alpha value is -4.26. The van der Waals surface area contributed by atoms with Crippen molar-refractivity contribution in [2.24, 2.45) is 0 Å². The molecule has 0 saturated carbocycles. The van der Waals surface area contributed by atoms with Crippen LogP contribution in [0.15, 0.2) is 78.4 Å². The SMILES string of the molecule is CCCCOc1cccc(C(O)=C2C(=O)C(=O)N(Cc3ccccc3)C2c2ccc(O)c(OC)c2)c1. The first-order chi connectivity index (χ1) is 17.4. The Bertz CT molecular complexity index is 1280. The molecule has 1 aliphatic rings. The second-order valence-corrected chi connectivity index (χ2v) is 8.57. The highest BCUT2D eigenvalue weighted by Gasteiger charge is 2.46. The number of carbonyl (C=O) groups is 2. The minimum absolute atomic E-state index is 0.0330. The maximum atomic E-state index is 13.3. The van der Waals surface area contributed by atoms with Crippen molar-refractivity contribution in [1.82, 2.24) is 4.90 Å². The first kappa shape index (κ1) is 24.9. The number of phenols is 1. The number of ketones is 1. The van der Waals surface area contributed by atoms with E-state index in [1.54, 1.807) is 36.4 Å². The van der Waals surface area contributed by atoms with Crippen LogP contribution in [-0.4, -0.2) is 40.5 Å². The summed E-state index contributed by atoms with van der Waals surface area (Å²) in [6.07, 6.45) is 1.88. The number of ether oxygens (including phenoxy) is 2. The summed E-state index contributed by atoms with van der Waals surface area (Å²) in [4.78, 5) is 28.0. The maximum absolute atomic E-state index is 13.3. The van der Waals surface area contributed by atoms with Crippen LogP contribution in [0.5, 0.6) is 17.2 Å². The number of hydrogen-bond acceptors (Lipinski definition) is 6. The summed E-state index contributed by atoms with van der Waals surface area (Å²) >= 11 is 0. The number of benzene rings is 3. The zero-order valence-corrected chi connectivity index (χ0v) is 20.3. The molecule has 0 spiro atoms. The van der Waals surface area contributed by atoms with Crippen molar-refractivity contribution >= 4 is 17.4 Å². The highest BCUT2D eigenvalue weighted by molar-refractivity contribution is 6.46. The minimum atomic E-state index is -0.885. The average Bonchev–Trinajstić information content (AvgIpc) is 3.14. The van der Waals surface area contributed by atoms with Crippen molar-refractivity contribution in [2.45, 2.75) is 32.4 Å². The smallest absolute Gasteiger partial charge is 0.295 e. The molecule has 1 amide bonds. The lowest BCUT2D eigenvalue weighted by Crippen LogP contribution is -2.29. The van der Waals surface area contributed by atoms with E-state index in [1.165, 1.54) is 18.1 Å². The molecule has 0 aliphatic carbocycles. The summed E-state index contributed by atoms with van der Waals surface area (Å²) in [6.45, 7) is 2.77. The highest BCUT2D eigenvalue weighted by Crippen LogP contribution is 2.42. The first-order valence-electron chi connectivity index (χ1n) is 11.9. The zero-order valence-electron chi connectivity index (χ0n) is 20.3. The quantitative estimate of drug-likeness (QED) is 0.186. The van der Waals surface area contributed by atoms with E-state index >= 15 is 0 Å². The van der Waals surface area contributed by atoms with Gasteiger partial charge in [-0.15, -0.1) is 0 Å². The van der Waals surface area contributed by atoms with Gasteiger partial charge >= 0.3 is 0 Å². The van der Waals surface area contributed by atoms with Crippen LogP contribution in [0.4, 0.5) is 0 Å². The standard InChI is InChI=1S/C29H29NO6/c1-3-4-15-36-22-12-8-11-21(16-22)27(32)25-26(20-13-14-23(31)24(17-20)35-2)30(29(34)28(25)33)18-19-9-6-5-7-10-19/h5-14,16-17,26,31-32H,3-4,15,18H2,1-2H3. The number of aliphatic hydroxyl groups is 1. The van der Waals surface area contributed by atoms with Gasteiger partial charge in [0.1, 0.15) is 11.5 Å². The van der Waals surface area contributed by atoms with Crippen molar-refractivity contribution < 1.29 is 29.3 Å². The topological polar surface area (TPSA) is 96.3 Å². The molecule has 1 fully saturated rings. The van der Waals surface area contributed by atoms with E-state index < -0.39 is 17.7 Å². The van der Waals surface area contributed by atoms with Gasteiger partial charge in [0.15, 0.2) is 11.5 Å². The molecule has 1 aliphatic heterocycles. The van der Waals surface area contributed by atoms with E-state index in [4.69, 9.17) is 9.47 Å². The molecule has 186 valence electrons. The molecule has 0 radical (unpaired) electrons. The zero-order chi connectivity index (χ0) is 25.7. The van der Waals surface area contributed by atoms with Crippen LogP contribution in [0, 0.1) is 0 Å². The van der Waals surface area contributed by atoms with E-state index in [0.717, 1.165) is 18.4 Å². The second kappa shape index (κ2) is 11.0. The largest absolute Gasteiger partial charge is 0.507 e. The molecule has 1 heterocycles. The predicted octanol–water partition coefficient (Wildman–Crippen LogP) is 5.20. The van der Waals surface area contributed by atoms with E-state index in [9.17, 15) is 19.8 Å². The van der Waals surface area contributed by atoms with E-state index in [2.05, 4.69) is 6.92 Å². The Morgan fingerprint density at radius 2 is 1.78 bits per heavy atom. The number of hydrogen-bond donors (Lipinski definition) is 2. The lowest BCUT2D eigenvalue weighted by Gasteiger charge is -2.26. The molecule has 3 aromatic rings. The van der Waals surface area contributed by atoms with Crippen molar-refractivity contribution in [3.8, 4) is 17.2 Å². The molecular formula is C29H29NO6. The number of likely N-dealkylation sites (tertiary alicyclic amines) is 1. The van der Waals surface area contributed by atoms with Crippen molar-refractivity contribution in [3.63, 3.8) is 0 Å². The minimum Gasteiger partial charge on any atom is -0.507 e. The van der Waals surface area contributed by atoms with Crippen molar-refractivity contribution in [2.75, 3.05) is 13.7 Å². The van der Waals surface area contributed by atoms with Crippen LogP contribution in [0.2, 0.25) is 0 Å². The number of aromatic hydroxyl groups is 1.